The summed E-state index contributed by atoms with van der Waals surface area (Å²) in [6.45, 7) is 38.0. The van der Waals surface area contributed by atoms with Crippen molar-refractivity contribution < 1.29 is 23.5 Å². The maximum Gasteiger partial charge on any atom is 0.410 e. The van der Waals surface area contributed by atoms with E-state index in [4.69, 9.17) is 13.6 Å². The van der Waals surface area contributed by atoms with Gasteiger partial charge in [-0.2, -0.15) is 0 Å². The van der Waals surface area contributed by atoms with E-state index in [1.54, 1.807) is 10.5 Å². The van der Waals surface area contributed by atoms with Crippen LogP contribution in [0.5, 0.6) is 0 Å². The number of hydrogen-bond donors (Lipinski definition) is 1. The second kappa shape index (κ2) is 16.0. The molecule has 4 rings (SSSR count). The second-order valence-corrected chi connectivity index (χ2v) is 29.7. The van der Waals surface area contributed by atoms with Crippen LogP contribution in [0.15, 0.2) is 47.6 Å². The van der Waals surface area contributed by atoms with Gasteiger partial charge >= 0.3 is 6.09 Å². The lowest BCUT2D eigenvalue weighted by molar-refractivity contribution is -0.00849. The summed E-state index contributed by atoms with van der Waals surface area (Å²) in [6, 6.07) is 0. The van der Waals surface area contributed by atoms with Crippen LogP contribution in [0, 0.1) is 23.2 Å². The first kappa shape index (κ1) is 43.3. The largest absolute Gasteiger partial charge is 0.440 e. The molecule has 296 valence electrons. The number of aliphatic hydroxyl groups is 1. The zero-order chi connectivity index (χ0) is 39.1. The number of aliphatic hydroxyl groups excluding tert-OH is 1. The maximum absolute atomic E-state index is 12.7. The van der Waals surface area contributed by atoms with Crippen LogP contribution in [0.1, 0.15) is 127 Å². The highest BCUT2D eigenvalue weighted by Gasteiger charge is 2.54. The summed E-state index contributed by atoms with van der Waals surface area (Å²) < 4.78 is 20.1. The van der Waals surface area contributed by atoms with Crippen LogP contribution >= 0.6 is 0 Å². The molecular formula is C44H77NO5Si2. The van der Waals surface area contributed by atoms with Gasteiger partial charge in [0.2, 0.25) is 0 Å². The summed E-state index contributed by atoms with van der Waals surface area (Å²) in [6.07, 6.45) is 17.2. The molecule has 4 saturated carbocycles. The predicted octanol–water partition coefficient (Wildman–Crippen LogP) is 11.8. The Hall–Kier alpha value is -1.46. The van der Waals surface area contributed by atoms with Gasteiger partial charge in [-0.05, 0) is 136 Å². The Morgan fingerprint density at radius 3 is 2.12 bits per heavy atom. The van der Waals surface area contributed by atoms with Crippen LogP contribution in [0.2, 0.25) is 36.3 Å². The number of amides is 1. The van der Waals surface area contributed by atoms with E-state index in [-0.39, 0.29) is 33.8 Å². The van der Waals surface area contributed by atoms with Gasteiger partial charge in [0.1, 0.15) is 11.7 Å². The van der Waals surface area contributed by atoms with Crippen molar-refractivity contribution in [1.29, 1.82) is 0 Å². The van der Waals surface area contributed by atoms with Crippen LogP contribution in [0.25, 0.3) is 0 Å². The van der Waals surface area contributed by atoms with Gasteiger partial charge in [-0.25, -0.2) is 4.79 Å². The zero-order valence-electron chi connectivity index (χ0n) is 35.8. The lowest BCUT2D eigenvalue weighted by atomic mass is 9.61. The molecule has 0 aliphatic heterocycles. The Kier molecular flexibility index (Phi) is 13.3. The molecule has 4 fully saturated rings. The van der Waals surface area contributed by atoms with E-state index in [0.29, 0.717) is 43.7 Å². The molecule has 4 aliphatic rings. The molecule has 6 nitrogen and oxygen atoms in total. The molecule has 8 heteroatoms. The molecule has 0 saturated heterocycles. The first-order chi connectivity index (χ1) is 23.9. The van der Waals surface area contributed by atoms with Crippen molar-refractivity contribution in [3.63, 3.8) is 0 Å². The highest BCUT2D eigenvalue weighted by molar-refractivity contribution is 6.74. The normalized spacial score (nSPS) is 31.2. The second-order valence-electron chi connectivity index (χ2n) is 20.2. The molecule has 3 unspecified atom stereocenters. The highest BCUT2D eigenvalue weighted by atomic mass is 28.4. The summed E-state index contributed by atoms with van der Waals surface area (Å²) in [5.74, 6) is 1.43. The SMILES string of the molecule is C=C1C(=CC=C2CCC[C@]3(C)[C@@H]([C@H](C)C=CC(O)C4(OC(=O)N(CC)CC)CC4)CC[C@@H]23)CC(O[Si](C)(C)C(C)(C)C)CC1O[Si](C)(C)C(C)(C)C. The van der Waals surface area contributed by atoms with Gasteiger partial charge in [0.25, 0.3) is 0 Å². The number of carbonyl (C=O) groups excluding carboxylic acids is 1. The van der Waals surface area contributed by atoms with Crippen LogP contribution in [0.3, 0.4) is 0 Å². The average Bonchev–Trinajstić information content (AvgIpc) is 3.72. The summed E-state index contributed by atoms with van der Waals surface area (Å²) in [4.78, 5) is 14.4. The van der Waals surface area contributed by atoms with Gasteiger partial charge < -0.3 is 23.6 Å². The molecule has 0 bridgehead atoms. The molecule has 0 aromatic rings. The average molecular weight is 756 g/mol. The lowest BCUT2D eigenvalue weighted by Crippen LogP contribution is -2.49. The van der Waals surface area contributed by atoms with E-state index in [2.05, 4.69) is 106 Å². The van der Waals surface area contributed by atoms with Crippen LogP contribution in [-0.4, -0.2) is 69.7 Å². The quantitative estimate of drug-likeness (QED) is 0.159. The maximum atomic E-state index is 12.7. The fraction of sp³-hybridized carbons (Fsp3) is 0.795. The van der Waals surface area contributed by atoms with Gasteiger partial charge in [-0.1, -0.05) is 91.8 Å². The van der Waals surface area contributed by atoms with Crippen molar-refractivity contribution in [3.8, 4) is 0 Å². The molecule has 52 heavy (non-hydrogen) atoms. The van der Waals surface area contributed by atoms with Crippen LogP contribution in [0.4, 0.5) is 4.79 Å². The van der Waals surface area contributed by atoms with Gasteiger partial charge in [0.15, 0.2) is 16.6 Å². The molecular weight excluding hydrogens is 679 g/mol. The van der Waals surface area contributed by atoms with Crippen molar-refractivity contribution in [2.75, 3.05) is 13.1 Å². The van der Waals surface area contributed by atoms with E-state index in [0.717, 1.165) is 24.8 Å². The zero-order valence-corrected chi connectivity index (χ0v) is 37.8. The van der Waals surface area contributed by atoms with Gasteiger partial charge in [-0.3, -0.25) is 0 Å². The number of fused-ring (bicyclic) bond motifs is 1. The molecule has 0 aromatic carbocycles. The van der Waals surface area contributed by atoms with Crippen LogP contribution < -0.4 is 0 Å². The van der Waals surface area contributed by atoms with Crippen LogP contribution in [-0.2, 0) is 13.6 Å². The van der Waals surface area contributed by atoms with Crippen molar-refractivity contribution in [2.24, 2.45) is 23.2 Å². The summed E-state index contributed by atoms with van der Waals surface area (Å²) >= 11 is 0. The van der Waals surface area contributed by atoms with Crippen molar-refractivity contribution >= 4 is 22.7 Å². The first-order valence-corrected chi connectivity index (χ1v) is 26.5. The number of allylic oxidation sites excluding steroid dienone is 4. The first-order valence-electron chi connectivity index (χ1n) is 20.7. The standard InChI is InChI=1S/C44H77NO5Si2/c1-16-45(17-2)40(47)48-44(27-28-44)39(46)25-20-31(3)36-23-24-37-33(19-18-26-43(36,37)11)21-22-34-29-35(49-51(12,13)41(5,6)7)30-38(32(34)4)50-52(14,15)42(8,9)10/h20-22,25,31,35-39,46H,4,16-19,23-24,26-30H2,1-3,5-15H3/t31-,35?,36-,37+,38?,39?,43-/m1/s1. The fourth-order valence-electron chi connectivity index (χ4n) is 8.80. The topological polar surface area (TPSA) is 68.2 Å². The van der Waals surface area contributed by atoms with Gasteiger partial charge in [0, 0.05) is 19.5 Å². The molecule has 7 atom stereocenters. The fourth-order valence-corrected chi connectivity index (χ4v) is 11.5. The van der Waals surface area contributed by atoms with Gasteiger partial charge in [0.05, 0.1) is 12.2 Å². The smallest absolute Gasteiger partial charge is 0.410 e. The van der Waals surface area contributed by atoms with E-state index >= 15 is 0 Å². The van der Waals surface area contributed by atoms with E-state index in [9.17, 15) is 9.90 Å². The Bertz CT molecular complexity index is 1380. The Morgan fingerprint density at radius 1 is 0.962 bits per heavy atom. The van der Waals surface area contributed by atoms with Crippen molar-refractivity contribution in [2.45, 2.75) is 187 Å². The summed E-state index contributed by atoms with van der Waals surface area (Å²) in [7, 11) is -3.99. The third-order valence-corrected chi connectivity index (χ3v) is 23.6. The monoisotopic (exact) mass is 756 g/mol. The molecule has 1 N–H and O–H groups in total. The predicted molar refractivity (Wildman–Crippen MR) is 223 cm³/mol. The number of rotatable bonds is 12. The minimum Gasteiger partial charge on any atom is -0.440 e. The third kappa shape index (κ3) is 9.31. The number of hydrogen-bond acceptors (Lipinski definition) is 5. The van der Waals surface area contributed by atoms with Crippen molar-refractivity contribution in [3.05, 3.63) is 47.6 Å². The summed E-state index contributed by atoms with van der Waals surface area (Å²) in [5, 5.41) is 11.5. The highest BCUT2D eigenvalue weighted by Crippen LogP contribution is 2.60. The summed E-state index contributed by atoms with van der Waals surface area (Å²) in [5.41, 5.74) is 3.48. The van der Waals surface area contributed by atoms with E-state index in [1.165, 1.54) is 31.3 Å². The molecule has 0 radical (unpaired) electrons. The van der Waals surface area contributed by atoms with E-state index < -0.39 is 28.3 Å². The minimum atomic E-state index is -2.02. The Balaban J connectivity index is 1.52. The molecule has 0 aromatic heterocycles. The molecule has 0 heterocycles. The Labute approximate surface area is 321 Å². The van der Waals surface area contributed by atoms with E-state index in [1.807, 2.05) is 19.9 Å². The number of ether oxygens (including phenoxy) is 1. The Morgan fingerprint density at radius 2 is 1.56 bits per heavy atom. The molecule has 4 aliphatic carbocycles. The third-order valence-electron chi connectivity index (χ3n) is 14.6. The van der Waals surface area contributed by atoms with Gasteiger partial charge in [-0.15, -0.1) is 0 Å². The van der Waals surface area contributed by atoms with Crippen molar-refractivity contribution in [1.82, 2.24) is 4.90 Å². The molecule has 0 spiro atoms. The number of carbonyl (C=O) groups is 1. The lowest BCUT2D eigenvalue weighted by Gasteiger charge is -2.45. The minimum absolute atomic E-state index is 0.0138. The molecule has 1 amide bonds. The number of nitrogens with zero attached hydrogens (tertiary/aromatic N) is 1.